The van der Waals surface area contributed by atoms with Crippen molar-refractivity contribution in [2.24, 2.45) is 11.8 Å². The van der Waals surface area contributed by atoms with E-state index in [1.54, 1.807) is 18.2 Å². The molecule has 0 spiro atoms. The lowest BCUT2D eigenvalue weighted by Crippen LogP contribution is -2.48. The number of hydrogen-bond acceptors (Lipinski definition) is 4. The lowest BCUT2D eigenvalue weighted by atomic mass is 9.54. The number of nitrogens with zero attached hydrogens (tertiary/aromatic N) is 2. The van der Waals surface area contributed by atoms with Crippen LogP contribution in [0.3, 0.4) is 0 Å². The molecular weight excluding hydrogens is 302 g/mol. The molecule has 5 nitrogen and oxygen atoms in total. The summed E-state index contributed by atoms with van der Waals surface area (Å²) in [6.45, 7) is 1.91. The van der Waals surface area contributed by atoms with E-state index < -0.39 is 5.41 Å². The Morgan fingerprint density at radius 1 is 1.38 bits per heavy atom. The van der Waals surface area contributed by atoms with Gasteiger partial charge in [0.1, 0.15) is 11.8 Å². The van der Waals surface area contributed by atoms with E-state index in [1.807, 2.05) is 25.3 Å². The fourth-order valence-corrected chi connectivity index (χ4v) is 4.38. The zero-order valence-corrected chi connectivity index (χ0v) is 13.3. The monoisotopic (exact) mass is 319 g/mol. The highest BCUT2D eigenvalue weighted by Crippen LogP contribution is 2.53. The van der Waals surface area contributed by atoms with Gasteiger partial charge in [-0.25, -0.2) is 0 Å². The second-order valence-electron chi connectivity index (χ2n) is 6.64. The summed E-state index contributed by atoms with van der Waals surface area (Å²) >= 11 is 0. The highest BCUT2D eigenvalue weighted by molar-refractivity contribution is 6.02. The van der Waals surface area contributed by atoms with Gasteiger partial charge in [-0.15, -0.1) is 0 Å². The molecule has 2 N–H and O–H groups in total. The number of hydrogen-bond donors (Lipinski definition) is 2. The lowest BCUT2D eigenvalue weighted by molar-refractivity contribution is -0.121. The van der Waals surface area contributed by atoms with Gasteiger partial charge in [0.05, 0.1) is 16.7 Å². The van der Waals surface area contributed by atoms with Gasteiger partial charge in [0.25, 0.3) is 0 Å². The van der Waals surface area contributed by atoms with Crippen LogP contribution in [-0.4, -0.2) is 21.1 Å². The van der Waals surface area contributed by atoms with Crippen molar-refractivity contribution in [3.63, 3.8) is 0 Å². The van der Waals surface area contributed by atoms with E-state index in [0.717, 1.165) is 29.7 Å². The van der Waals surface area contributed by atoms with Crippen LogP contribution in [0.4, 0.5) is 0 Å². The largest absolute Gasteiger partial charge is 0.508 e. The number of carbonyl (C=O) groups is 1. The number of aromatic amines is 1. The van der Waals surface area contributed by atoms with E-state index >= 15 is 0 Å². The maximum Gasteiger partial charge on any atom is 0.176 e. The number of fused-ring (bicyclic) bond motifs is 3. The van der Waals surface area contributed by atoms with Crippen LogP contribution < -0.4 is 0 Å². The molecule has 120 valence electrons. The summed E-state index contributed by atoms with van der Waals surface area (Å²) in [4.78, 5) is 12.5. The third-order valence-corrected chi connectivity index (χ3v) is 5.54. The van der Waals surface area contributed by atoms with Crippen molar-refractivity contribution in [3.05, 3.63) is 58.9 Å². The standard InChI is InChI=1S/C19H17N3O2/c1-11-16-7-2-12-10-21-22-18(12)19(16,8-13(9-20)17(11)24)14-3-5-15(23)6-4-14/h3-6,8,10-11,16,23H,2,7H2,1H3,(H,21,22). The molecular formula is C19H17N3O2. The Labute approximate surface area is 139 Å². The molecule has 0 amide bonds. The molecule has 1 aromatic heterocycles. The van der Waals surface area contributed by atoms with Gasteiger partial charge in [0, 0.05) is 12.1 Å². The van der Waals surface area contributed by atoms with Crippen molar-refractivity contribution in [3.8, 4) is 11.8 Å². The molecule has 24 heavy (non-hydrogen) atoms. The number of carbonyl (C=O) groups excluding carboxylic acids is 1. The van der Waals surface area contributed by atoms with Crippen molar-refractivity contribution in [2.45, 2.75) is 25.2 Å². The van der Waals surface area contributed by atoms with Crippen LogP contribution in [0.5, 0.6) is 5.75 Å². The highest BCUT2D eigenvalue weighted by atomic mass is 16.3. The average Bonchev–Trinajstić information content (AvgIpc) is 3.08. The Balaban J connectivity index is 2.06. The van der Waals surface area contributed by atoms with Crippen LogP contribution in [0, 0.1) is 23.2 Å². The number of aromatic nitrogens is 2. The van der Waals surface area contributed by atoms with Crippen molar-refractivity contribution in [2.75, 3.05) is 0 Å². The normalized spacial score (nSPS) is 28.5. The van der Waals surface area contributed by atoms with Crippen molar-refractivity contribution < 1.29 is 9.90 Å². The molecule has 5 heteroatoms. The first-order chi connectivity index (χ1) is 11.6. The topological polar surface area (TPSA) is 89.8 Å². The summed E-state index contributed by atoms with van der Waals surface area (Å²) in [6, 6.07) is 9.08. The first-order valence-electron chi connectivity index (χ1n) is 8.07. The Bertz CT molecular complexity index is 888. The molecule has 0 radical (unpaired) electrons. The lowest BCUT2D eigenvalue weighted by Gasteiger charge is -2.46. The third kappa shape index (κ3) is 1.80. The number of aromatic hydroxyl groups is 1. The fraction of sp³-hybridized carbons (Fsp3) is 0.316. The number of nitriles is 1. The Morgan fingerprint density at radius 2 is 2.12 bits per heavy atom. The molecule has 4 rings (SSSR count). The second kappa shape index (κ2) is 5.07. The third-order valence-electron chi connectivity index (χ3n) is 5.54. The summed E-state index contributed by atoms with van der Waals surface area (Å²) in [5, 5.41) is 26.5. The number of phenolic OH excluding ortho intramolecular Hbond substituents is 1. The van der Waals surface area contributed by atoms with Crippen LogP contribution in [0.25, 0.3) is 0 Å². The quantitative estimate of drug-likeness (QED) is 0.845. The van der Waals surface area contributed by atoms with Gasteiger partial charge in [-0.2, -0.15) is 10.4 Å². The van der Waals surface area contributed by atoms with E-state index in [-0.39, 0.29) is 28.9 Å². The predicted octanol–water partition coefficient (Wildman–Crippen LogP) is 2.63. The second-order valence-corrected chi connectivity index (χ2v) is 6.64. The molecule has 2 aliphatic carbocycles. The molecule has 0 saturated heterocycles. The minimum Gasteiger partial charge on any atom is -0.508 e. The van der Waals surface area contributed by atoms with Gasteiger partial charge in [-0.1, -0.05) is 19.1 Å². The predicted molar refractivity (Wildman–Crippen MR) is 87.2 cm³/mol. The molecule has 2 aliphatic rings. The van der Waals surface area contributed by atoms with Gasteiger partial charge in [-0.3, -0.25) is 9.89 Å². The van der Waals surface area contributed by atoms with E-state index in [9.17, 15) is 15.2 Å². The smallest absolute Gasteiger partial charge is 0.176 e. The first kappa shape index (κ1) is 14.7. The van der Waals surface area contributed by atoms with E-state index in [1.165, 1.54) is 0 Å². The Morgan fingerprint density at radius 3 is 2.83 bits per heavy atom. The minimum absolute atomic E-state index is 0.0439. The number of H-pyrrole nitrogens is 1. The summed E-state index contributed by atoms with van der Waals surface area (Å²) in [7, 11) is 0. The van der Waals surface area contributed by atoms with Crippen LogP contribution in [-0.2, 0) is 16.6 Å². The number of phenols is 1. The summed E-state index contributed by atoms with van der Waals surface area (Å²) in [6.07, 6.45) is 5.42. The number of allylic oxidation sites excluding steroid dienone is 2. The molecule has 0 saturated carbocycles. The molecule has 1 aromatic carbocycles. The average molecular weight is 319 g/mol. The number of ketones is 1. The van der Waals surface area contributed by atoms with Crippen LogP contribution in [0.15, 0.2) is 42.1 Å². The van der Waals surface area contributed by atoms with Gasteiger partial charge in [0.2, 0.25) is 0 Å². The number of nitrogens with one attached hydrogen (secondary N) is 1. The fourth-order valence-electron chi connectivity index (χ4n) is 4.38. The van der Waals surface area contributed by atoms with Gasteiger partial charge in [-0.05, 0) is 48.1 Å². The SMILES string of the molecule is CC1C(=O)C(C#N)=CC2(c3ccc(O)cc3)c3n[nH]cc3CCC12. The van der Waals surface area contributed by atoms with Crippen LogP contribution in [0.1, 0.15) is 30.2 Å². The van der Waals surface area contributed by atoms with Gasteiger partial charge in [0.15, 0.2) is 5.78 Å². The zero-order chi connectivity index (χ0) is 16.9. The molecule has 3 unspecified atom stereocenters. The number of aryl methyl sites for hydroxylation is 1. The maximum atomic E-state index is 12.5. The van der Waals surface area contributed by atoms with E-state index in [2.05, 4.69) is 16.3 Å². The van der Waals surface area contributed by atoms with Crippen LogP contribution >= 0.6 is 0 Å². The van der Waals surface area contributed by atoms with Crippen molar-refractivity contribution in [1.82, 2.24) is 10.2 Å². The number of rotatable bonds is 1. The molecule has 3 atom stereocenters. The summed E-state index contributed by atoms with van der Waals surface area (Å²) in [5.41, 5.74) is 2.54. The zero-order valence-electron chi connectivity index (χ0n) is 13.3. The van der Waals surface area contributed by atoms with Gasteiger partial charge >= 0.3 is 0 Å². The van der Waals surface area contributed by atoms with Crippen LogP contribution in [0.2, 0.25) is 0 Å². The Kier molecular flexibility index (Phi) is 3.10. The van der Waals surface area contributed by atoms with E-state index in [0.29, 0.717) is 0 Å². The molecule has 0 bridgehead atoms. The summed E-state index contributed by atoms with van der Waals surface area (Å²) in [5.74, 6) is -0.101. The van der Waals surface area contributed by atoms with Gasteiger partial charge < -0.3 is 5.11 Å². The highest BCUT2D eigenvalue weighted by Gasteiger charge is 2.53. The molecule has 0 fully saturated rings. The Hall–Kier alpha value is -2.87. The van der Waals surface area contributed by atoms with Crippen molar-refractivity contribution in [1.29, 1.82) is 5.26 Å². The van der Waals surface area contributed by atoms with E-state index in [4.69, 9.17) is 0 Å². The van der Waals surface area contributed by atoms with Crippen molar-refractivity contribution >= 4 is 5.78 Å². The molecule has 0 aliphatic heterocycles. The maximum absolute atomic E-state index is 12.5. The number of Topliss-reactive ketones (excluding diaryl/α,β-unsaturated/α-hetero) is 1. The molecule has 2 aromatic rings. The minimum atomic E-state index is -0.611. The molecule has 1 heterocycles. The first-order valence-corrected chi connectivity index (χ1v) is 8.07. The summed E-state index contributed by atoms with van der Waals surface area (Å²) < 4.78 is 0. The number of benzene rings is 1.